The predicted octanol–water partition coefficient (Wildman–Crippen LogP) is 4.64. The lowest BCUT2D eigenvalue weighted by Crippen LogP contribution is -2.36. The maximum Gasteiger partial charge on any atom is 0.243 e. The van der Waals surface area contributed by atoms with Crippen LogP contribution in [0.2, 0.25) is 25.7 Å². The van der Waals surface area contributed by atoms with Gasteiger partial charge in [0.05, 0.1) is 15.5 Å². The van der Waals surface area contributed by atoms with E-state index in [1.165, 1.54) is 12.9 Å². The van der Waals surface area contributed by atoms with Crippen molar-refractivity contribution in [2.45, 2.75) is 49.3 Å². The van der Waals surface area contributed by atoms with Gasteiger partial charge in [0, 0.05) is 47.3 Å². The van der Waals surface area contributed by atoms with E-state index in [1.54, 1.807) is 85.0 Å². The van der Waals surface area contributed by atoms with Crippen molar-refractivity contribution in [1.29, 1.82) is 0 Å². The van der Waals surface area contributed by atoms with Crippen LogP contribution in [0.5, 0.6) is 0 Å². The van der Waals surface area contributed by atoms with Crippen molar-refractivity contribution in [3.05, 3.63) is 96.1 Å². The Balaban J connectivity index is 1.98. The van der Waals surface area contributed by atoms with Crippen molar-refractivity contribution in [2.24, 2.45) is 0 Å². The van der Waals surface area contributed by atoms with Gasteiger partial charge in [0.2, 0.25) is 30.1 Å². The molecule has 0 bridgehead atoms. The van der Waals surface area contributed by atoms with Crippen molar-refractivity contribution in [3.63, 3.8) is 0 Å². The largest absolute Gasteiger partial charge is 0.243 e. The quantitative estimate of drug-likeness (QED) is 0.297. The fraction of sp³-hybridized carbons (Fsp3) is 0.419. The van der Waals surface area contributed by atoms with Gasteiger partial charge in [0.25, 0.3) is 0 Å². The first-order chi connectivity index (χ1) is 20.5. The summed E-state index contributed by atoms with van der Waals surface area (Å²) >= 11 is 0. The molecule has 0 aliphatic carbocycles. The highest BCUT2D eigenvalue weighted by molar-refractivity contribution is 7.89. The molecule has 2 aromatic carbocycles. The lowest BCUT2D eigenvalue weighted by Gasteiger charge is -2.23. The molecule has 13 heteroatoms. The van der Waals surface area contributed by atoms with Gasteiger partial charge < -0.3 is 0 Å². The van der Waals surface area contributed by atoms with E-state index in [-0.39, 0.29) is 54.8 Å². The van der Waals surface area contributed by atoms with Crippen LogP contribution in [0, 0.1) is 13.8 Å². The van der Waals surface area contributed by atoms with Gasteiger partial charge in [0.15, 0.2) is 0 Å². The number of hydrogen-bond donors (Lipinski definition) is 0. The van der Waals surface area contributed by atoms with Gasteiger partial charge in [-0.05, 0) is 44.2 Å². The zero-order valence-electron chi connectivity index (χ0n) is 26.3. The summed E-state index contributed by atoms with van der Waals surface area (Å²) in [5.41, 5.74) is 1.86. The molecule has 44 heavy (non-hydrogen) atoms. The molecule has 3 rings (SSSR count). The van der Waals surface area contributed by atoms with Crippen LogP contribution in [0.25, 0.3) is 0 Å². The van der Waals surface area contributed by atoms with Crippen LogP contribution in [0.3, 0.4) is 0 Å². The highest BCUT2D eigenvalue weighted by Gasteiger charge is 2.26. The first kappa shape index (κ1) is 36.1. The molecule has 1 heterocycles. The molecule has 0 spiro atoms. The van der Waals surface area contributed by atoms with Crippen LogP contribution in [0.4, 0.5) is 0 Å². The highest BCUT2D eigenvalue weighted by atomic mass is 32.2. The molecule has 0 fully saturated rings. The summed E-state index contributed by atoms with van der Waals surface area (Å²) in [7, 11) is -13.0. The SMILES string of the molecule is Cc1ccc(S(=O)(=O)N2C/C=C/CN(S(=O)(=O)CC[Si](C)(C)C)C/C=C/CN(S(=O)(=O)c3ccc(C)cc3)C/C=C/C2)cc1. The van der Waals surface area contributed by atoms with Gasteiger partial charge in [-0.25, -0.2) is 25.3 Å². The molecule has 0 N–H and O–H groups in total. The van der Waals surface area contributed by atoms with Gasteiger partial charge in [-0.15, -0.1) is 0 Å². The van der Waals surface area contributed by atoms with Gasteiger partial charge in [-0.3, -0.25) is 0 Å². The van der Waals surface area contributed by atoms with Crippen LogP contribution < -0.4 is 0 Å². The Labute approximate surface area is 265 Å². The summed E-state index contributed by atoms with van der Waals surface area (Å²) in [6, 6.07) is 13.8. The monoisotopic (exact) mass is 679 g/mol. The van der Waals surface area contributed by atoms with E-state index in [2.05, 4.69) is 19.6 Å². The van der Waals surface area contributed by atoms with Crippen molar-refractivity contribution in [1.82, 2.24) is 12.9 Å². The second-order valence-corrected chi connectivity index (χ2v) is 23.7. The maximum atomic E-state index is 13.6. The summed E-state index contributed by atoms with van der Waals surface area (Å²) < 4.78 is 84.9. The fourth-order valence-electron chi connectivity index (χ4n) is 4.28. The van der Waals surface area contributed by atoms with Gasteiger partial charge in [-0.1, -0.05) is 91.5 Å². The van der Waals surface area contributed by atoms with E-state index in [1.807, 2.05) is 13.8 Å². The predicted molar refractivity (Wildman–Crippen MR) is 181 cm³/mol. The first-order valence-corrected chi connectivity index (χ1v) is 22.8. The third-order valence-electron chi connectivity index (χ3n) is 7.18. The molecular weight excluding hydrogens is 635 g/mol. The van der Waals surface area contributed by atoms with Crippen LogP contribution in [-0.4, -0.2) is 91.3 Å². The van der Waals surface area contributed by atoms with E-state index in [9.17, 15) is 25.3 Å². The first-order valence-electron chi connectivity index (χ1n) is 14.6. The topological polar surface area (TPSA) is 112 Å². The Hall–Kier alpha value is -2.39. The van der Waals surface area contributed by atoms with E-state index >= 15 is 0 Å². The zero-order chi connectivity index (χ0) is 32.6. The van der Waals surface area contributed by atoms with Crippen LogP contribution in [-0.2, 0) is 30.1 Å². The van der Waals surface area contributed by atoms with Gasteiger partial charge in [-0.2, -0.15) is 12.9 Å². The molecule has 2 aromatic rings. The fourth-order valence-corrected chi connectivity index (χ4v) is 11.3. The van der Waals surface area contributed by atoms with Gasteiger partial charge in [0.1, 0.15) is 0 Å². The van der Waals surface area contributed by atoms with Gasteiger partial charge >= 0.3 is 0 Å². The number of rotatable bonds is 8. The second-order valence-electron chi connectivity index (χ2n) is 12.1. The zero-order valence-corrected chi connectivity index (χ0v) is 29.7. The van der Waals surface area contributed by atoms with Crippen molar-refractivity contribution in [2.75, 3.05) is 45.0 Å². The molecule has 0 unspecified atom stereocenters. The van der Waals surface area contributed by atoms with E-state index in [4.69, 9.17) is 0 Å². The molecule has 0 saturated carbocycles. The molecule has 0 radical (unpaired) electrons. The number of nitrogens with zero attached hydrogens (tertiary/aromatic N) is 3. The smallest absolute Gasteiger partial charge is 0.212 e. The summed E-state index contributed by atoms with van der Waals surface area (Å²) in [6.45, 7) is 10.3. The molecule has 0 amide bonds. The minimum Gasteiger partial charge on any atom is -0.212 e. The second kappa shape index (κ2) is 15.3. The van der Waals surface area contributed by atoms with Crippen LogP contribution in [0.15, 0.2) is 94.8 Å². The highest BCUT2D eigenvalue weighted by Crippen LogP contribution is 2.19. The molecule has 242 valence electrons. The maximum absolute atomic E-state index is 13.6. The minimum atomic E-state index is -3.89. The van der Waals surface area contributed by atoms with Crippen LogP contribution >= 0.6 is 0 Å². The van der Waals surface area contributed by atoms with E-state index in [0.717, 1.165) is 11.1 Å². The third kappa shape index (κ3) is 10.3. The summed E-state index contributed by atoms with van der Waals surface area (Å²) in [4.78, 5) is 0.289. The molecule has 1 aliphatic heterocycles. The summed E-state index contributed by atoms with van der Waals surface area (Å²) in [5, 5.41) is 0. The lowest BCUT2D eigenvalue weighted by molar-refractivity contribution is 0.465. The normalized spacial score (nSPS) is 19.9. The average molecular weight is 680 g/mol. The number of sulfonamides is 3. The molecule has 0 atom stereocenters. The third-order valence-corrected chi connectivity index (χ3v) is 14.8. The van der Waals surface area contributed by atoms with Crippen molar-refractivity contribution < 1.29 is 25.3 Å². The molecule has 9 nitrogen and oxygen atoms in total. The molecule has 0 saturated heterocycles. The molecule has 0 aromatic heterocycles. The van der Waals surface area contributed by atoms with Crippen molar-refractivity contribution in [3.8, 4) is 0 Å². The summed E-state index contributed by atoms with van der Waals surface area (Å²) in [6.07, 6.45) is 9.97. The molecular formula is C31H45N3O6S3Si. The number of hydrogen-bond acceptors (Lipinski definition) is 6. The van der Waals surface area contributed by atoms with Crippen molar-refractivity contribution >= 4 is 38.1 Å². The lowest BCUT2D eigenvalue weighted by atomic mass is 10.2. The molecule has 1 aliphatic rings. The Morgan fingerprint density at radius 2 is 0.818 bits per heavy atom. The summed E-state index contributed by atoms with van der Waals surface area (Å²) in [5.74, 6) is 0.0240. The Morgan fingerprint density at radius 3 is 1.11 bits per heavy atom. The Morgan fingerprint density at radius 1 is 0.523 bits per heavy atom. The standard InChI is InChI=1S/C31H45N3O6S3Si/c1-28-12-16-30(17-13-28)42(37,38)33-22-8-6-20-32(41(35,36)26-27-44(3,4)5)21-7-9-23-34(25-11-10-24-33)43(39,40)31-18-14-29(2)15-19-31/h6-19H,20-27H2,1-5H3/b8-6+,9-7+,11-10+. The average Bonchev–Trinajstić information content (AvgIpc) is 2.95. The Bertz CT molecular complexity index is 1560. The Kier molecular flexibility index (Phi) is 12.5. The van der Waals surface area contributed by atoms with E-state index < -0.39 is 38.1 Å². The minimum absolute atomic E-state index is 0.00698. The number of aryl methyl sites for hydroxylation is 2. The van der Waals surface area contributed by atoms with Crippen LogP contribution in [0.1, 0.15) is 11.1 Å². The number of benzene rings is 2. The van der Waals surface area contributed by atoms with E-state index in [0.29, 0.717) is 6.04 Å².